The number of hydrogen-bond donors (Lipinski definition) is 1. The van der Waals surface area contributed by atoms with Gasteiger partial charge in [0.2, 0.25) is 0 Å². The normalized spacial score (nSPS) is 14.6. The molecule has 1 aromatic heterocycles. The van der Waals surface area contributed by atoms with Gasteiger partial charge in [-0.05, 0) is 31.0 Å². The van der Waals surface area contributed by atoms with E-state index in [0.717, 1.165) is 23.2 Å². The van der Waals surface area contributed by atoms with E-state index < -0.39 is 0 Å². The van der Waals surface area contributed by atoms with Crippen LogP contribution in [0.15, 0.2) is 23.4 Å². The number of aromatic nitrogens is 1. The maximum Gasteiger partial charge on any atom is 0.0960 e. The molecule has 2 atom stereocenters. The van der Waals surface area contributed by atoms with Gasteiger partial charge in [-0.15, -0.1) is 11.8 Å². The van der Waals surface area contributed by atoms with Gasteiger partial charge in [-0.1, -0.05) is 33.3 Å². The summed E-state index contributed by atoms with van der Waals surface area (Å²) in [5, 5.41) is 4.53. The molecular weight excluding hydrogens is 228 g/mol. The fourth-order valence-electron chi connectivity index (χ4n) is 1.50. The molecule has 0 aliphatic carbocycles. The highest BCUT2D eigenvalue weighted by atomic mass is 32.2. The van der Waals surface area contributed by atoms with E-state index in [1.54, 1.807) is 0 Å². The molecule has 3 heteroatoms. The first-order valence-corrected chi connectivity index (χ1v) is 7.48. The summed E-state index contributed by atoms with van der Waals surface area (Å²) in [5.74, 6) is 1.92. The Kier molecular flexibility index (Phi) is 6.60. The first-order chi connectivity index (χ1) is 8.17. The molecule has 0 saturated heterocycles. The minimum atomic E-state index is 0.390. The van der Waals surface area contributed by atoms with Crippen LogP contribution >= 0.6 is 11.8 Å². The molecule has 1 rings (SSSR count). The average Bonchev–Trinajstić information content (AvgIpc) is 2.36. The van der Waals surface area contributed by atoms with Crippen LogP contribution in [0.2, 0.25) is 0 Å². The topological polar surface area (TPSA) is 24.9 Å². The van der Waals surface area contributed by atoms with E-state index in [4.69, 9.17) is 0 Å². The summed E-state index contributed by atoms with van der Waals surface area (Å²) in [5.41, 5.74) is 1.26. The summed E-state index contributed by atoms with van der Waals surface area (Å²) in [4.78, 5) is 4.51. The summed E-state index contributed by atoms with van der Waals surface area (Å²) >= 11 is 1.86. The van der Waals surface area contributed by atoms with Crippen molar-refractivity contribution in [3.8, 4) is 0 Å². The molecule has 0 fully saturated rings. The third-order valence-electron chi connectivity index (χ3n) is 2.98. The van der Waals surface area contributed by atoms with Crippen LogP contribution in [-0.4, -0.2) is 17.3 Å². The van der Waals surface area contributed by atoms with Gasteiger partial charge in [0.1, 0.15) is 0 Å². The van der Waals surface area contributed by atoms with Crippen LogP contribution in [0.25, 0.3) is 0 Å². The van der Waals surface area contributed by atoms with Gasteiger partial charge in [-0.2, -0.15) is 0 Å². The van der Waals surface area contributed by atoms with E-state index in [-0.39, 0.29) is 0 Å². The van der Waals surface area contributed by atoms with Gasteiger partial charge < -0.3 is 5.32 Å². The standard InChI is InChI=1S/C14H24N2S/c1-5-11(3)10-17-14-8-7-13(9-16-14)12(4)15-6-2/h7-9,11-12,15H,5-6,10H2,1-4H3. The molecule has 1 N–H and O–H groups in total. The largest absolute Gasteiger partial charge is 0.310 e. The Balaban J connectivity index is 2.50. The first-order valence-electron chi connectivity index (χ1n) is 6.49. The average molecular weight is 252 g/mol. The fourth-order valence-corrected chi connectivity index (χ4v) is 2.49. The molecule has 2 unspecified atom stereocenters. The minimum absolute atomic E-state index is 0.390. The van der Waals surface area contributed by atoms with Crippen LogP contribution < -0.4 is 5.32 Å². The molecule has 2 nitrogen and oxygen atoms in total. The molecular formula is C14H24N2S. The predicted octanol–water partition coefficient (Wildman–Crippen LogP) is 3.89. The third kappa shape index (κ3) is 5.09. The monoisotopic (exact) mass is 252 g/mol. The van der Waals surface area contributed by atoms with E-state index in [9.17, 15) is 0 Å². The van der Waals surface area contributed by atoms with Crippen molar-refractivity contribution in [3.63, 3.8) is 0 Å². The molecule has 0 aliphatic rings. The van der Waals surface area contributed by atoms with Crippen molar-refractivity contribution < 1.29 is 0 Å². The Hall–Kier alpha value is -0.540. The molecule has 17 heavy (non-hydrogen) atoms. The molecule has 0 spiro atoms. The number of rotatable bonds is 7. The molecule has 0 aromatic carbocycles. The number of hydrogen-bond acceptors (Lipinski definition) is 3. The molecule has 96 valence electrons. The van der Waals surface area contributed by atoms with Crippen molar-refractivity contribution in [2.75, 3.05) is 12.3 Å². The Labute approximate surface area is 110 Å². The van der Waals surface area contributed by atoms with Gasteiger partial charge in [-0.25, -0.2) is 4.98 Å². The second-order valence-electron chi connectivity index (χ2n) is 4.53. The van der Waals surface area contributed by atoms with E-state index >= 15 is 0 Å². The lowest BCUT2D eigenvalue weighted by Crippen LogP contribution is -2.17. The van der Waals surface area contributed by atoms with Gasteiger partial charge in [-0.3, -0.25) is 0 Å². The van der Waals surface area contributed by atoms with Crippen LogP contribution in [-0.2, 0) is 0 Å². The van der Waals surface area contributed by atoms with Crippen LogP contribution in [0.3, 0.4) is 0 Å². The third-order valence-corrected chi connectivity index (χ3v) is 4.26. The summed E-state index contributed by atoms with van der Waals surface area (Å²) in [6, 6.07) is 4.70. The Bertz CT molecular complexity index is 311. The molecule has 0 aliphatic heterocycles. The number of pyridine rings is 1. The number of nitrogens with one attached hydrogen (secondary N) is 1. The zero-order chi connectivity index (χ0) is 12.7. The second kappa shape index (κ2) is 7.72. The Morgan fingerprint density at radius 2 is 2.06 bits per heavy atom. The van der Waals surface area contributed by atoms with Crippen molar-refractivity contribution in [2.45, 2.75) is 45.2 Å². The number of nitrogens with zero attached hydrogens (tertiary/aromatic N) is 1. The molecule has 0 amide bonds. The van der Waals surface area contributed by atoms with Crippen LogP contribution in [0, 0.1) is 5.92 Å². The van der Waals surface area contributed by atoms with Crippen molar-refractivity contribution in [3.05, 3.63) is 23.9 Å². The van der Waals surface area contributed by atoms with E-state index in [1.165, 1.54) is 12.0 Å². The summed E-state index contributed by atoms with van der Waals surface area (Å²) < 4.78 is 0. The number of thioether (sulfide) groups is 1. The first kappa shape index (κ1) is 14.5. The Morgan fingerprint density at radius 3 is 2.59 bits per heavy atom. The fraction of sp³-hybridized carbons (Fsp3) is 0.643. The van der Waals surface area contributed by atoms with Gasteiger partial charge >= 0.3 is 0 Å². The molecule has 0 saturated carbocycles. The van der Waals surface area contributed by atoms with Gasteiger partial charge in [0.25, 0.3) is 0 Å². The van der Waals surface area contributed by atoms with Gasteiger partial charge in [0, 0.05) is 18.0 Å². The quantitative estimate of drug-likeness (QED) is 0.745. The zero-order valence-corrected chi connectivity index (χ0v) is 12.2. The van der Waals surface area contributed by atoms with Crippen molar-refractivity contribution in [1.29, 1.82) is 0 Å². The van der Waals surface area contributed by atoms with E-state index in [1.807, 2.05) is 18.0 Å². The van der Waals surface area contributed by atoms with Crippen LogP contribution in [0.1, 0.15) is 45.7 Å². The lowest BCUT2D eigenvalue weighted by molar-refractivity contribution is 0.595. The lowest BCUT2D eigenvalue weighted by atomic mass is 10.1. The van der Waals surface area contributed by atoms with E-state index in [0.29, 0.717) is 6.04 Å². The highest BCUT2D eigenvalue weighted by Crippen LogP contribution is 2.21. The van der Waals surface area contributed by atoms with Crippen molar-refractivity contribution in [2.24, 2.45) is 5.92 Å². The zero-order valence-electron chi connectivity index (χ0n) is 11.4. The minimum Gasteiger partial charge on any atom is -0.310 e. The van der Waals surface area contributed by atoms with Crippen molar-refractivity contribution >= 4 is 11.8 Å². The lowest BCUT2D eigenvalue weighted by Gasteiger charge is -2.12. The molecule has 0 bridgehead atoms. The predicted molar refractivity (Wildman–Crippen MR) is 76.5 cm³/mol. The van der Waals surface area contributed by atoms with Gasteiger partial charge in [0.05, 0.1) is 5.03 Å². The summed E-state index contributed by atoms with van der Waals surface area (Å²) in [6.07, 6.45) is 3.23. The maximum absolute atomic E-state index is 4.51. The molecule has 0 radical (unpaired) electrons. The Morgan fingerprint density at radius 1 is 1.29 bits per heavy atom. The van der Waals surface area contributed by atoms with E-state index in [2.05, 4.69) is 50.1 Å². The second-order valence-corrected chi connectivity index (χ2v) is 5.57. The van der Waals surface area contributed by atoms with Crippen LogP contribution in [0.5, 0.6) is 0 Å². The summed E-state index contributed by atoms with van der Waals surface area (Å²) in [6.45, 7) is 9.81. The smallest absolute Gasteiger partial charge is 0.0960 e. The van der Waals surface area contributed by atoms with Crippen molar-refractivity contribution in [1.82, 2.24) is 10.3 Å². The highest BCUT2D eigenvalue weighted by Gasteiger charge is 2.05. The molecule has 1 heterocycles. The maximum atomic E-state index is 4.51. The summed E-state index contributed by atoms with van der Waals surface area (Å²) in [7, 11) is 0. The SMILES string of the molecule is CCNC(C)c1ccc(SCC(C)CC)nc1. The van der Waals surface area contributed by atoms with Crippen LogP contribution in [0.4, 0.5) is 0 Å². The van der Waals surface area contributed by atoms with Gasteiger partial charge in [0.15, 0.2) is 0 Å². The highest BCUT2D eigenvalue weighted by molar-refractivity contribution is 7.99. The molecule has 1 aromatic rings.